The van der Waals surface area contributed by atoms with Crippen LogP contribution in [-0.2, 0) is 4.79 Å². The number of carbonyl (C=O) groups excluding carboxylic acids is 1. The lowest BCUT2D eigenvalue weighted by molar-refractivity contribution is -0.118. The van der Waals surface area contributed by atoms with Crippen LogP contribution in [0.4, 0.5) is 5.69 Å². The average molecular weight is 295 g/mol. The molecule has 3 nitrogen and oxygen atoms in total. The van der Waals surface area contributed by atoms with Crippen LogP contribution < -0.4 is 11.1 Å². The van der Waals surface area contributed by atoms with Gasteiger partial charge in [0.05, 0.1) is 0 Å². The van der Waals surface area contributed by atoms with Crippen molar-refractivity contribution in [3.05, 3.63) is 64.1 Å². The van der Waals surface area contributed by atoms with Crippen molar-refractivity contribution in [3.63, 3.8) is 0 Å². The molecule has 0 fully saturated rings. The number of primary amides is 1. The zero-order valence-electron chi connectivity index (χ0n) is 9.94. The third kappa shape index (κ3) is 3.40. The summed E-state index contributed by atoms with van der Waals surface area (Å²) in [6, 6.07) is 13.4. The van der Waals surface area contributed by atoms with Crippen molar-refractivity contribution in [2.24, 2.45) is 5.73 Å². The maximum Gasteiger partial charge on any atom is 0.244 e. The number of carbonyl (C=O) groups is 1. The molecule has 3 N–H and O–H groups in total. The van der Waals surface area contributed by atoms with E-state index in [1.54, 1.807) is 48.5 Å². The van der Waals surface area contributed by atoms with Gasteiger partial charge in [0.1, 0.15) is 6.04 Å². The fourth-order valence-corrected chi connectivity index (χ4v) is 2.09. The molecule has 5 heteroatoms. The molecule has 0 radical (unpaired) electrons. The molecular formula is C14H12Cl2N2O. The Balaban J connectivity index is 2.29. The third-order valence-electron chi connectivity index (χ3n) is 2.66. The highest BCUT2D eigenvalue weighted by Gasteiger charge is 2.19. The molecule has 98 valence electrons. The van der Waals surface area contributed by atoms with E-state index >= 15 is 0 Å². The van der Waals surface area contributed by atoms with E-state index in [4.69, 9.17) is 28.9 Å². The SMILES string of the molecule is NC(=O)C(Nc1ccc(Cl)cc1)c1ccccc1Cl. The van der Waals surface area contributed by atoms with Gasteiger partial charge in [0.2, 0.25) is 5.91 Å². The summed E-state index contributed by atoms with van der Waals surface area (Å²) in [7, 11) is 0. The lowest BCUT2D eigenvalue weighted by Gasteiger charge is -2.18. The topological polar surface area (TPSA) is 55.1 Å². The van der Waals surface area contributed by atoms with Crippen molar-refractivity contribution in [1.82, 2.24) is 0 Å². The van der Waals surface area contributed by atoms with Crippen LogP contribution in [0.3, 0.4) is 0 Å². The van der Waals surface area contributed by atoms with Gasteiger partial charge in [0, 0.05) is 21.3 Å². The molecule has 1 unspecified atom stereocenters. The van der Waals surface area contributed by atoms with Crippen LogP contribution in [0.2, 0.25) is 10.0 Å². The van der Waals surface area contributed by atoms with Crippen LogP contribution in [0.15, 0.2) is 48.5 Å². The molecule has 2 rings (SSSR count). The van der Waals surface area contributed by atoms with Gasteiger partial charge in [-0.05, 0) is 30.3 Å². The standard InChI is InChI=1S/C14H12Cl2N2O/c15-9-5-7-10(8-6-9)18-13(14(17)19)11-3-1-2-4-12(11)16/h1-8,13,18H,(H2,17,19). The van der Waals surface area contributed by atoms with Gasteiger partial charge in [-0.2, -0.15) is 0 Å². The first-order valence-corrected chi connectivity index (χ1v) is 6.39. The van der Waals surface area contributed by atoms with Gasteiger partial charge in [-0.1, -0.05) is 41.4 Å². The van der Waals surface area contributed by atoms with Crippen LogP contribution in [0, 0.1) is 0 Å². The van der Waals surface area contributed by atoms with Crippen molar-refractivity contribution in [2.75, 3.05) is 5.32 Å². The Hall–Kier alpha value is -1.71. The summed E-state index contributed by atoms with van der Waals surface area (Å²) in [4.78, 5) is 11.6. The molecule has 2 aromatic carbocycles. The Morgan fingerprint density at radius 3 is 2.26 bits per heavy atom. The number of hydrogen-bond donors (Lipinski definition) is 2. The van der Waals surface area contributed by atoms with E-state index in [2.05, 4.69) is 5.32 Å². The predicted molar refractivity (Wildman–Crippen MR) is 78.5 cm³/mol. The van der Waals surface area contributed by atoms with Gasteiger partial charge in [-0.15, -0.1) is 0 Å². The Kier molecular flexibility index (Phi) is 4.30. The van der Waals surface area contributed by atoms with Crippen LogP contribution in [-0.4, -0.2) is 5.91 Å². The largest absolute Gasteiger partial charge is 0.370 e. The second kappa shape index (κ2) is 5.95. The number of anilines is 1. The second-order valence-electron chi connectivity index (χ2n) is 4.01. The monoisotopic (exact) mass is 294 g/mol. The van der Waals surface area contributed by atoms with Gasteiger partial charge < -0.3 is 11.1 Å². The average Bonchev–Trinajstić information content (AvgIpc) is 2.39. The molecule has 0 saturated carbocycles. The Bertz CT molecular complexity index is 584. The molecule has 1 amide bonds. The smallest absolute Gasteiger partial charge is 0.244 e. The van der Waals surface area contributed by atoms with Crippen molar-refractivity contribution >= 4 is 34.8 Å². The zero-order valence-corrected chi connectivity index (χ0v) is 11.4. The lowest BCUT2D eigenvalue weighted by atomic mass is 10.1. The summed E-state index contributed by atoms with van der Waals surface area (Å²) in [5.74, 6) is -0.497. The Morgan fingerprint density at radius 1 is 1.05 bits per heavy atom. The molecule has 0 saturated heterocycles. The molecule has 1 atom stereocenters. The second-order valence-corrected chi connectivity index (χ2v) is 4.85. The fourth-order valence-electron chi connectivity index (χ4n) is 1.72. The summed E-state index contributed by atoms with van der Waals surface area (Å²) < 4.78 is 0. The number of rotatable bonds is 4. The molecule has 0 aromatic heterocycles. The van der Waals surface area contributed by atoms with E-state index in [1.165, 1.54) is 0 Å². The van der Waals surface area contributed by atoms with Crippen molar-refractivity contribution in [2.45, 2.75) is 6.04 Å². The minimum Gasteiger partial charge on any atom is -0.370 e. The highest BCUT2D eigenvalue weighted by atomic mass is 35.5. The van der Waals surface area contributed by atoms with Crippen molar-refractivity contribution < 1.29 is 4.79 Å². The molecule has 0 spiro atoms. The van der Waals surface area contributed by atoms with E-state index in [-0.39, 0.29) is 0 Å². The molecule has 0 aliphatic rings. The fraction of sp³-hybridized carbons (Fsp3) is 0.0714. The van der Waals surface area contributed by atoms with E-state index in [9.17, 15) is 4.79 Å². The number of hydrogen-bond acceptors (Lipinski definition) is 2. The molecular weight excluding hydrogens is 283 g/mol. The van der Waals surface area contributed by atoms with Crippen molar-refractivity contribution in [1.29, 1.82) is 0 Å². The molecule has 0 aliphatic heterocycles. The van der Waals surface area contributed by atoms with Gasteiger partial charge >= 0.3 is 0 Å². The van der Waals surface area contributed by atoms with Crippen LogP contribution in [0.25, 0.3) is 0 Å². The maximum atomic E-state index is 11.6. The van der Waals surface area contributed by atoms with Crippen LogP contribution in [0.5, 0.6) is 0 Å². The number of nitrogens with two attached hydrogens (primary N) is 1. The summed E-state index contributed by atoms with van der Waals surface area (Å²) in [5.41, 5.74) is 6.82. The first-order chi connectivity index (χ1) is 9.08. The molecule has 0 bridgehead atoms. The predicted octanol–water partition coefficient (Wildman–Crippen LogP) is 3.63. The van der Waals surface area contributed by atoms with E-state index in [1.807, 2.05) is 0 Å². The van der Waals surface area contributed by atoms with E-state index in [0.29, 0.717) is 15.6 Å². The van der Waals surface area contributed by atoms with Gasteiger partial charge in [0.25, 0.3) is 0 Å². The quantitative estimate of drug-likeness (QED) is 0.905. The highest BCUT2D eigenvalue weighted by molar-refractivity contribution is 6.31. The first-order valence-electron chi connectivity index (χ1n) is 5.64. The lowest BCUT2D eigenvalue weighted by Crippen LogP contribution is -2.27. The summed E-state index contributed by atoms with van der Waals surface area (Å²) in [6.45, 7) is 0. The van der Waals surface area contributed by atoms with Crippen molar-refractivity contribution in [3.8, 4) is 0 Å². The van der Waals surface area contributed by atoms with Gasteiger partial charge in [-0.3, -0.25) is 4.79 Å². The van der Waals surface area contributed by atoms with Crippen LogP contribution >= 0.6 is 23.2 Å². The molecule has 0 aliphatic carbocycles. The molecule has 2 aromatic rings. The molecule has 0 heterocycles. The Morgan fingerprint density at radius 2 is 1.68 bits per heavy atom. The molecule has 19 heavy (non-hydrogen) atoms. The summed E-state index contributed by atoms with van der Waals surface area (Å²) in [5, 5.41) is 4.16. The summed E-state index contributed by atoms with van der Waals surface area (Å²) in [6.07, 6.45) is 0. The number of nitrogens with one attached hydrogen (secondary N) is 1. The normalized spacial score (nSPS) is 11.9. The van der Waals surface area contributed by atoms with Gasteiger partial charge in [-0.25, -0.2) is 0 Å². The first kappa shape index (κ1) is 13.7. The van der Waals surface area contributed by atoms with Gasteiger partial charge in [0.15, 0.2) is 0 Å². The Labute approximate surface area is 121 Å². The third-order valence-corrected chi connectivity index (χ3v) is 3.25. The number of amides is 1. The minimum atomic E-state index is -0.685. The number of benzene rings is 2. The zero-order chi connectivity index (χ0) is 13.8. The van der Waals surface area contributed by atoms with E-state index < -0.39 is 11.9 Å². The maximum absolute atomic E-state index is 11.6. The minimum absolute atomic E-state index is 0.493. The highest BCUT2D eigenvalue weighted by Crippen LogP contribution is 2.26. The summed E-state index contributed by atoms with van der Waals surface area (Å²) >= 11 is 11.9. The number of halogens is 2. The van der Waals surface area contributed by atoms with E-state index in [0.717, 1.165) is 5.69 Å². The van der Waals surface area contributed by atoms with Crippen LogP contribution in [0.1, 0.15) is 11.6 Å².